The van der Waals surface area contributed by atoms with Crippen molar-refractivity contribution in [2.75, 3.05) is 39.5 Å². The fourth-order valence-electron chi connectivity index (χ4n) is 1.56. The van der Waals surface area contributed by atoms with Gasteiger partial charge in [-0.15, -0.1) is 11.3 Å². The third-order valence-electron chi connectivity index (χ3n) is 2.56. The van der Waals surface area contributed by atoms with Gasteiger partial charge >= 0.3 is 0 Å². The van der Waals surface area contributed by atoms with E-state index in [4.69, 9.17) is 9.47 Å². The first-order chi connectivity index (χ1) is 9.60. The number of amides is 1. The van der Waals surface area contributed by atoms with Crippen molar-refractivity contribution in [3.63, 3.8) is 0 Å². The van der Waals surface area contributed by atoms with Crippen LogP contribution in [0.25, 0.3) is 0 Å². The van der Waals surface area contributed by atoms with Crippen molar-refractivity contribution in [1.29, 1.82) is 0 Å². The van der Waals surface area contributed by atoms with Crippen LogP contribution in [0.4, 0.5) is 0 Å². The highest BCUT2D eigenvalue weighted by Gasteiger charge is 2.19. The predicted octanol–water partition coefficient (Wildman–Crippen LogP) is 3.79. The highest BCUT2D eigenvalue weighted by atomic mass is 79.9. The average molecular weight is 429 g/mol. The van der Waals surface area contributed by atoms with Crippen molar-refractivity contribution in [2.45, 2.75) is 13.8 Å². The molecule has 1 aromatic rings. The number of carbonyl (C=O) groups excluding carboxylic acids is 1. The molecule has 0 unspecified atom stereocenters. The maximum atomic E-state index is 12.5. The van der Waals surface area contributed by atoms with Crippen molar-refractivity contribution in [3.05, 3.63) is 19.2 Å². The Kier molecular flexibility index (Phi) is 8.95. The van der Waals surface area contributed by atoms with Crippen molar-refractivity contribution in [2.24, 2.45) is 0 Å². The summed E-state index contributed by atoms with van der Waals surface area (Å²) in [6.07, 6.45) is 0. The Hall–Kier alpha value is 0.0500. The van der Waals surface area contributed by atoms with Crippen molar-refractivity contribution >= 4 is 49.1 Å². The van der Waals surface area contributed by atoms with Crippen LogP contribution in [-0.2, 0) is 9.47 Å². The second-order valence-electron chi connectivity index (χ2n) is 3.92. The van der Waals surface area contributed by atoms with Crippen molar-refractivity contribution in [3.8, 4) is 0 Å². The summed E-state index contributed by atoms with van der Waals surface area (Å²) in [4.78, 5) is 15.0. The first kappa shape index (κ1) is 18.1. The summed E-state index contributed by atoms with van der Waals surface area (Å²) in [5.74, 6) is 0.0146. The molecule has 0 radical (unpaired) electrons. The molecule has 1 aromatic heterocycles. The van der Waals surface area contributed by atoms with Gasteiger partial charge in [-0.2, -0.15) is 0 Å². The van der Waals surface area contributed by atoms with E-state index in [2.05, 4.69) is 31.9 Å². The minimum atomic E-state index is 0.0146. The summed E-state index contributed by atoms with van der Waals surface area (Å²) in [5, 5.41) is 0. The smallest absolute Gasteiger partial charge is 0.264 e. The molecule has 0 aromatic carbocycles. The van der Waals surface area contributed by atoms with E-state index >= 15 is 0 Å². The highest BCUT2D eigenvalue weighted by Crippen LogP contribution is 2.32. The van der Waals surface area contributed by atoms with Gasteiger partial charge in [-0.05, 0) is 51.8 Å². The van der Waals surface area contributed by atoms with Crippen molar-refractivity contribution < 1.29 is 14.3 Å². The monoisotopic (exact) mass is 427 g/mol. The number of nitrogens with zero attached hydrogens (tertiary/aromatic N) is 1. The molecule has 0 fully saturated rings. The molecule has 0 saturated carbocycles. The van der Waals surface area contributed by atoms with Gasteiger partial charge in [-0.25, -0.2) is 0 Å². The van der Waals surface area contributed by atoms with Gasteiger partial charge in [-0.1, -0.05) is 0 Å². The van der Waals surface area contributed by atoms with Crippen LogP contribution >= 0.6 is 43.2 Å². The van der Waals surface area contributed by atoms with Crippen LogP contribution in [-0.4, -0.2) is 50.3 Å². The maximum absolute atomic E-state index is 12.5. The minimum Gasteiger partial charge on any atom is -0.380 e. The summed E-state index contributed by atoms with van der Waals surface area (Å²) in [5.41, 5.74) is 0. The molecule has 0 aliphatic heterocycles. The normalized spacial score (nSPS) is 10.8. The summed E-state index contributed by atoms with van der Waals surface area (Å²) in [6.45, 7) is 7.44. The van der Waals surface area contributed by atoms with Crippen LogP contribution in [0, 0.1) is 0 Å². The fourth-order valence-corrected chi connectivity index (χ4v) is 3.56. The van der Waals surface area contributed by atoms with E-state index < -0.39 is 0 Å². The number of carbonyl (C=O) groups is 1. The summed E-state index contributed by atoms with van der Waals surface area (Å²) in [7, 11) is 0. The number of ether oxygens (including phenoxy) is 2. The van der Waals surface area contributed by atoms with Gasteiger partial charge in [0, 0.05) is 30.8 Å². The molecule has 114 valence electrons. The molecule has 0 saturated heterocycles. The van der Waals surface area contributed by atoms with Crippen LogP contribution in [0.15, 0.2) is 14.3 Å². The van der Waals surface area contributed by atoms with Gasteiger partial charge in [0.15, 0.2) is 0 Å². The van der Waals surface area contributed by atoms with Crippen LogP contribution in [0.3, 0.4) is 0 Å². The Morgan fingerprint density at radius 2 is 1.75 bits per heavy atom. The molecule has 0 N–H and O–H groups in total. The summed E-state index contributed by atoms with van der Waals surface area (Å²) < 4.78 is 12.5. The lowest BCUT2D eigenvalue weighted by Crippen LogP contribution is -2.36. The quantitative estimate of drug-likeness (QED) is 0.561. The molecule has 0 aliphatic rings. The van der Waals surface area contributed by atoms with Crippen LogP contribution in [0.5, 0.6) is 0 Å². The predicted molar refractivity (Wildman–Crippen MR) is 88.6 cm³/mol. The molecule has 20 heavy (non-hydrogen) atoms. The van der Waals surface area contributed by atoms with E-state index in [1.807, 2.05) is 19.9 Å². The highest BCUT2D eigenvalue weighted by molar-refractivity contribution is 9.13. The fraction of sp³-hybridized carbons (Fsp3) is 0.615. The molecular weight excluding hydrogens is 410 g/mol. The zero-order valence-electron chi connectivity index (χ0n) is 11.7. The zero-order valence-corrected chi connectivity index (χ0v) is 15.6. The molecule has 0 atom stereocenters. The van der Waals surface area contributed by atoms with Gasteiger partial charge in [0.05, 0.1) is 21.9 Å². The lowest BCUT2D eigenvalue weighted by atomic mass is 10.3. The maximum Gasteiger partial charge on any atom is 0.264 e. The Balaban J connectivity index is 2.66. The lowest BCUT2D eigenvalue weighted by molar-refractivity contribution is 0.0554. The number of hydrogen-bond acceptors (Lipinski definition) is 4. The summed E-state index contributed by atoms with van der Waals surface area (Å²) >= 11 is 8.24. The van der Waals surface area contributed by atoms with E-state index in [0.29, 0.717) is 44.4 Å². The van der Waals surface area contributed by atoms with E-state index in [-0.39, 0.29) is 5.91 Å². The second-order valence-corrected chi connectivity index (χ2v) is 7.14. The van der Waals surface area contributed by atoms with Crippen LogP contribution in [0.2, 0.25) is 0 Å². The minimum absolute atomic E-state index is 0.0146. The molecule has 0 spiro atoms. The van der Waals surface area contributed by atoms with E-state index in [9.17, 15) is 4.79 Å². The number of thiophene rings is 1. The van der Waals surface area contributed by atoms with Gasteiger partial charge in [0.1, 0.15) is 0 Å². The number of halogens is 2. The van der Waals surface area contributed by atoms with Gasteiger partial charge in [-0.3, -0.25) is 4.79 Å². The first-order valence-corrected chi connectivity index (χ1v) is 8.90. The molecular formula is C13H19Br2NO3S. The molecule has 7 heteroatoms. The third kappa shape index (κ3) is 5.81. The molecule has 0 bridgehead atoms. The summed E-state index contributed by atoms with van der Waals surface area (Å²) in [6, 6.07) is 1.84. The Bertz CT molecular complexity index is 396. The van der Waals surface area contributed by atoms with E-state index in [0.717, 1.165) is 8.26 Å². The second kappa shape index (κ2) is 9.89. The van der Waals surface area contributed by atoms with Crippen molar-refractivity contribution in [1.82, 2.24) is 4.90 Å². The average Bonchev–Trinajstić information content (AvgIpc) is 2.76. The third-order valence-corrected chi connectivity index (χ3v) is 5.81. The standard InChI is InChI=1S/C13H19Br2NO3S/c1-3-18-7-5-16(6-8-19-4-2)13(17)11-9-10(14)12(15)20-11/h9H,3-8H2,1-2H3. The molecule has 4 nitrogen and oxygen atoms in total. The Morgan fingerprint density at radius 1 is 1.20 bits per heavy atom. The topological polar surface area (TPSA) is 38.8 Å². The Labute approximate surface area is 140 Å². The number of hydrogen-bond donors (Lipinski definition) is 0. The largest absolute Gasteiger partial charge is 0.380 e. The van der Waals surface area contributed by atoms with Gasteiger partial charge in [0.2, 0.25) is 0 Å². The van der Waals surface area contributed by atoms with E-state index in [1.165, 1.54) is 11.3 Å². The van der Waals surface area contributed by atoms with E-state index in [1.54, 1.807) is 4.90 Å². The van der Waals surface area contributed by atoms with Crippen LogP contribution < -0.4 is 0 Å². The molecule has 1 amide bonds. The molecule has 1 rings (SSSR count). The van der Waals surface area contributed by atoms with Crippen LogP contribution in [0.1, 0.15) is 23.5 Å². The zero-order chi connectivity index (χ0) is 15.0. The Morgan fingerprint density at radius 3 is 2.15 bits per heavy atom. The van der Waals surface area contributed by atoms with Gasteiger partial charge < -0.3 is 14.4 Å². The molecule has 0 aliphatic carbocycles. The first-order valence-electron chi connectivity index (χ1n) is 6.49. The SMILES string of the molecule is CCOCCN(CCOCC)C(=O)c1cc(Br)c(Br)s1. The molecule has 1 heterocycles. The lowest BCUT2D eigenvalue weighted by Gasteiger charge is -2.21. The van der Waals surface area contributed by atoms with Gasteiger partial charge in [0.25, 0.3) is 5.91 Å². The number of rotatable bonds is 9.